The lowest BCUT2D eigenvalue weighted by atomic mass is 10.1. The van der Waals surface area contributed by atoms with Gasteiger partial charge in [-0.05, 0) is 12.5 Å². The second kappa shape index (κ2) is 8.92. The van der Waals surface area contributed by atoms with E-state index in [9.17, 15) is 14.4 Å². The van der Waals surface area contributed by atoms with Crippen LogP contribution in [0.25, 0.3) is 0 Å². The summed E-state index contributed by atoms with van der Waals surface area (Å²) in [5.41, 5.74) is 0.847. The molecule has 0 aliphatic carbocycles. The highest BCUT2D eigenvalue weighted by atomic mass is 16.6. The summed E-state index contributed by atoms with van der Waals surface area (Å²) in [5, 5.41) is 2.56. The molecule has 126 valence electrons. The lowest BCUT2D eigenvalue weighted by Gasteiger charge is -2.21. The molecule has 0 spiro atoms. The Morgan fingerprint density at radius 2 is 1.65 bits per heavy atom. The molecule has 1 rings (SSSR count). The summed E-state index contributed by atoms with van der Waals surface area (Å²) < 4.78 is 9.76. The monoisotopic (exact) mass is 321 g/mol. The zero-order chi connectivity index (χ0) is 17.4. The maximum atomic E-state index is 12.0. The quantitative estimate of drug-likeness (QED) is 0.769. The summed E-state index contributed by atoms with van der Waals surface area (Å²) in [6.45, 7) is 5.00. The van der Waals surface area contributed by atoms with E-state index in [0.29, 0.717) is 0 Å². The van der Waals surface area contributed by atoms with E-state index in [1.54, 1.807) is 13.8 Å². The minimum absolute atomic E-state index is 0.170. The predicted molar refractivity (Wildman–Crippen MR) is 84.5 cm³/mol. The molecule has 6 nitrogen and oxygen atoms in total. The van der Waals surface area contributed by atoms with Gasteiger partial charge in [-0.1, -0.05) is 44.2 Å². The lowest BCUT2D eigenvalue weighted by molar-refractivity contribution is -0.170. The van der Waals surface area contributed by atoms with Crippen LogP contribution < -0.4 is 5.32 Å². The van der Waals surface area contributed by atoms with Gasteiger partial charge in [0.1, 0.15) is 6.04 Å². The fourth-order valence-electron chi connectivity index (χ4n) is 1.93. The van der Waals surface area contributed by atoms with Crippen LogP contribution in [0, 0.1) is 5.92 Å². The molecule has 1 aromatic carbocycles. The Morgan fingerprint density at radius 1 is 1.04 bits per heavy atom. The molecule has 0 fully saturated rings. The number of methoxy groups -OCH3 is 1. The first-order valence-corrected chi connectivity index (χ1v) is 7.46. The van der Waals surface area contributed by atoms with Crippen molar-refractivity contribution in [2.45, 2.75) is 39.3 Å². The van der Waals surface area contributed by atoms with Gasteiger partial charge in [0, 0.05) is 5.92 Å². The minimum atomic E-state index is -0.985. The molecular weight excluding hydrogens is 298 g/mol. The van der Waals surface area contributed by atoms with Gasteiger partial charge in [-0.25, -0.2) is 9.59 Å². The Labute approximate surface area is 136 Å². The minimum Gasteiger partial charge on any atom is -0.466 e. The van der Waals surface area contributed by atoms with Gasteiger partial charge in [0.05, 0.1) is 13.5 Å². The van der Waals surface area contributed by atoms with Gasteiger partial charge in [-0.15, -0.1) is 0 Å². The number of nitrogens with one attached hydrogen (secondary N) is 1. The highest BCUT2D eigenvalue weighted by Gasteiger charge is 2.29. The number of ether oxygens (including phenoxy) is 2. The van der Waals surface area contributed by atoms with E-state index in [2.05, 4.69) is 10.1 Å². The SMILES string of the molecule is COC(=O)C(OC(=O)C(C)NC(=O)Cc1ccccc1)C(C)C. The molecule has 0 heterocycles. The molecule has 0 aromatic heterocycles. The van der Waals surface area contributed by atoms with Crippen LogP contribution in [0.15, 0.2) is 30.3 Å². The smallest absolute Gasteiger partial charge is 0.347 e. The molecular formula is C17H23NO5. The molecule has 1 amide bonds. The summed E-state index contributed by atoms with van der Waals surface area (Å²) >= 11 is 0. The van der Waals surface area contributed by atoms with Gasteiger partial charge in [0.25, 0.3) is 0 Å². The van der Waals surface area contributed by atoms with Crippen molar-refractivity contribution in [3.05, 3.63) is 35.9 Å². The summed E-state index contributed by atoms with van der Waals surface area (Å²) in [6, 6.07) is 8.34. The Morgan fingerprint density at radius 3 is 2.17 bits per heavy atom. The van der Waals surface area contributed by atoms with Crippen LogP contribution in [0.2, 0.25) is 0 Å². The molecule has 0 radical (unpaired) electrons. The Kier molecular flexibility index (Phi) is 7.25. The van der Waals surface area contributed by atoms with Crippen molar-refractivity contribution in [1.29, 1.82) is 0 Å². The Hall–Kier alpha value is -2.37. The van der Waals surface area contributed by atoms with Crippen LogP contribution >= 0.6 is 0 Å². The van der Waals surface area contributed by atoms with Gasteiger partial charge in [-0.2, -0.15) is 0 Å². The van der Waals surface area contributed by atoms with Crippen LogP contribution in [0.5, 0.6) is 0 Å². The summed E-state index contributed by atoms with van der Waals surface area (Å²) in [4.78, 5) is 35.5. The Bertz CT molecular complexity index is 541. The van der Waals surface area contributed by atoms with Crippen molar-refractivity contribution in [2.24, 2.45) is 5.92 Å². The Balaban J connectivity index is 2.55. The fourth-order valence-corrected chi connectivity index (χ4v) is 1.93. The molecule has 2 unspecified atom stereocenters. The van der Waals surface area contributed by atoms with E-state index in [4.69, 9.17) is 4.74 Å². The van der Waals surface area contributed by atoms with E-state index >= 15 is 0 Å². The van der Waals surface area contributed by atoms with Crippen molar-refractivity contribution < 1.29 is 23.9 Å². The first-order valence-electron chi connectivity index (χ1n) is 7.46. The van der Waals surface area contributed by atoms with Crippen LogP contribution in [-0.4, -0.2) is 37.1 Å². The van der Waals surface area contributed by atoms with Gasteiger partial charge < -0.3 is 14.8 Å². The van der Waals surface area contributed by atoms with Gasteiger partial charge in [0.15, 0.2) is 0 Å². The van der Waals surface area contributed by atoms with Crippen LogP contribution in [0.3, 0.4) is 0 Å². The molecule has 2 atom stereocenters. The first-order chi connectivity index (χ1) is 10.8. The molecule has 0 aliphatic rings. The number of amides is 1. The van der Waals surface area contributed by atoms with Crippen LogP contribution in [0.1, 0.15) is 26.3 Å². The number of benzene rings is 1. The summed E-state index contributed by atoms with van der Waals surface area (Å²) in [7, 11) is 1.23. The van der Waals surface area contributed by atoms with E-state index in [1.807, 2.05) is 30.3 Å². The van der Waals surface area contributed by atoms with E-state index < -0.39 is 24.1 Å². The van der Waals surface area contributed by atoms with E-state index in [1.165, 1.54) is 14.0 Å². The largest absolute Gasteiger partial charge is 0.466 e. The fraction of sp³-hybridized carbons (Fsp3) is 0.471. The summed E-state index contributed by atoms with van der Waals surface area (Å²) in [5.74, 6) is -1.80. The average molecular weight is 321 g/mol. The second-order valence-electron chi connectivity index (χ2n) is 5.58. The highest BCUT2D eigenvalue weighted by molar-refractivity contribution is 5.87. The summed E-state index contributed by atoms with van der Waals surface area (Å²) in [6.07, 6.45) is -0.815. The highest BCUT2D eigenvalue weighted by Crippen LogP contribution is 2.10. The third kappa shape index (κ3) is 6.10. The number of carbonyl (C=O) groups excluding carboxylic acids is 3. The molecule has 1 aromatic rings. The molecule has 23 heavy (non-hydrogen) atoms. The zero-order valence-electron chi connectivity index (χ0n) is 13.9. The number of hydrogen-bond donors (Lipinski definition) is 1. The third-order valence-electron chi connectivity index (χ3n) is 3.22. The van der Waals surface area contributed by atoms with Crippen molar-refractivity contribution in [2.75, 3.05) is 7.11 Å². The average Bonchev–Trinajstić information content (AvgIpc) is 2.52. The van der Waals surface area contributed by atoms with Crippen LogP contribution in [-0.2, 0) is 30.3 Å². The second-order valence-corrected chi connectivity index (χ2v) is 5.58. The lowest BCUT2D eigenvalue weighted by Crippen LogP contribution is -2.44. The molecule has 0 saturated heterocycles. The van der Waals surface area contributed by atoms with Gasteiger partial charge in [0.2, 0.25) is 12.0 Å². The predicted octanol–water partition coefficient (Wildman–Crippen LogP) is 1.47. The number of rotatable bonds is 7. The van der Waals surface area contributed by atoms with Crippen molar-refractivity contribution in [1.82, 2.24) is 5.32 Å². The maximum Gasteiger partial charge on any atom is 0.347 e. The zero-order valence-corrected chi connectivity index (χ0v) is 13.9. The third-order valence-corrected chi connectivity index (χ3v) is 3.22. The van der Waals surface area contributed by atoms with Crippen molar-refractivity contribution in [3.63, 3.8) is 0 Å². The number of hydrogen-bond acceptors (Lipinski definition) is 5. The van der Waals surface area contributed by atoms with Crippen molar-refractivity contribution in [3.8, 4) is 0 Å². The first kappa shape index (κ1) is 18.7. The van der Waals surface area contributed by atoms with E-state index in [0.717, 1.165) is 5.56 Å². The van der Waals surface area contributed by atoms with Crippen LogP contribution in [0.4, 0.5) is 0 Å². The molecule has 0 saturated carbocycles. The number of esters is 2. The molecule has 6 heteroatoms. The molecule has 1 N–H and O–H groups in total. The van der Waals surface area contributed by atoms with Crippen molar-refractivity contribution >= 4 is 17.8 Å². The van der Waals surface area contributed by atoms with Gasteiger partial charge in [-0.3, -0.25) is 4.79 Å². The normalized spacial score (nSPS) is 13.1. The maximum absolute atomic E-state index is 12.0. The number of carbonyl (C=O) groups is 3. The van der Waals surface area contributed by atoms with Gasteiger partial charge >= 0.3 is 11.9 Å². The van der Waals surface area contributed by atoms with E-state index in [-0.39, 0.29) is 18.2 Å². The molecule has 0 aliphatic heterocycles. The molecule has 0 bridgehead atoms. The topological polar surface area (TPSA) is 81.7 Å². The standard InChI is InChI=1S/C17H23NO5/c1-11(2)15(17(21)22-4)23-16(20)12(3)18-14(19)10-13-8-6-5-7-9-13/h5-9,11-12,15H,10H2,1-4H3,(H,18,19).